The molecule has 4 nitrogen and oxygen atoms in total. The van der Waals surface area contributed by atoms with Crippen molar-refractivity contribution in [2.75, 3.05) is 0 Å². The highest BCUT2D eigenvalue weighted by molar-refractivity contribution is 5.97. The molecule has 0 radical (unpaired) electrons. The van der Waals surface area contributed by atoms with Crippen LogP contribution >= 0.6 is 0 Å². The minimum absolute atomic E-state index is 0.147. The zero-order valence-corrected chi connectivity index (χ0v) is 11.9. The number of hydrogen-bond acceptors (Lipinski definition) is 3. The summed E-state index contributed by atoms with van der Waals surface area (Å²) in [4.78, 5) is 16.2. The fourth-order valence-electron chi connectivity index (χ4n) is 2.31. The van der Waals surface area contributed by atoms with E-state index in [1.165, 1.54) is 5.56 Å². The lowest BCUT2D eigenvalue weighted by Crippen LogP contribution is -2.05. The second-order valence-electron chi connectivity index (χ2n) is 4.89. The number of aryl methyl sites for hydroxylation is 3. The van der Waals surface area contributed by atoms with Crippen molar-refractivity contribution in [3.63, 3.8) is 0 Å². The molecule has 0 aliphatic heterocycles. The Hall–Kier alpha value is -1.97. The number of hydrogen-bond donors (Lipinski definition) is 0. The third-order valence-electron chi connectivity index (χ3n) is 3.60. The number of carbonyl (C=O) groups is 1. The van der Waals surface area contributed by atoms with Crippen molar-refractivity contribution in [2.45, 2.75) is 33.6 Å². The predicted octanol–water partition coefficient (Wildman–Crippen LogP) is 2.56. The van der Waals surface area contributed by atoms with E-state index in [0.717, 1.165) is 28.9 Å². The standard InChI is InChI=1S/C15H19N3O/c1-10-7-8-16-9-14(10)15(19)6-5-13-11(2)17-18(4)12(13)3/h7-9H,5-6H2,1-4H3. The van der Waals surface area contributed by atoms with Crippen molar-refractivity contribution in [1.82, 2.24) is 14.8 Å². The van der Waals surface area contributed by atoms with E-state index in [0.29, 0.717) is 6.42 Å². The molecule has 0 spiro atoms. The van der Waals surface area contributed by atoms with Gasteiger partial charge in [-0.25, -0.2) is 0 Å². The molecule has 19 heavy (non-hydrogen) atoms. The third-order valence-corrected chi connectivity index (χ3v) is 3.60. The highest BCUT2D eigenvalue weighted by Gasteiger charge is 2.13. The van der Waals surface area contributed by atoms with Gasteiger partial charge >= 0.3 is 0 Å². The second kappa shape index (κ2) is 5.34. The number of Topliss-reactive ketones (excluding diaryl/α,β-unsaturated/α-hetero) is 1. The van der Waals surface area contributed by atoms with Crippen LogP contribution in [0.3, 0.4) is 0 Å². The molecule has 4 heteroatoms. The normalized spacial score (nSPS) is 10.7. The van der Waals surface area contributed by atoms with Gasteiger partial charge in [-0.15, -0.1) is 0 Å². The molecule has 0 N–H and O–H groups in total. The van der Waals surface area contributed by atoms with Crippen LogP contribution in [0.15, 0.2) is 18.5 Å². The van der Waals surface area contributed by atoms with Gasteiger partial charge in [-0.1, -0.05) is 0 Å². The Morgan fingerprint density at radius 2 is 2.05 bits per heavy atom. The van der Waals surface area contributed by atoms with Crippen LogP contribution in [-0.4, -0.2) is 20.5 Å². The monoisotopic (exact) mass is 257 g/mol. The first-order valence-electron chi connectivity index (χ1n) is 6.43. The lowest BCUT2D eigenvalue weighted by atomic mass is 10.0. The van der Waals surface area contributed by atoms with Crippen molar-refractivity contribution in [3.05, 3.63) is 46.5 Å². The minimum Gasteiger partial charge on any atom is -0.294 e. The van der Waals surface area contributed by atoms with Crippen molar-refractivity contribution in [1.29, 1.82) is 0 Å². The van der Waals surface area contributed by atoms with Crippen molar-refractivity contribution < 1.29 is 4.79 Å². The molecule has 0 aliphatic carbocycles. The molecule has 0 saturated carbocycles. The Labute approximate surface area is 113 Å². The van der Waals surface area contributed by atoms with Crippen molar-refractivity contribution in [2.24, 2.45) is 7.05 Å². The number of ketones is 1. The van der Waals surface area contributed by atoms with E-state index in [2.05, 4.69) is 10.1 Å². The smallest absolute Gasteiger partial charge is 0.165 e. The van der Waals surface area contributed by atoms with Crippen molar-refractivity contribution >= 4 is 5.78 Å². The Morgan fingerprint density at radius 1 is 1.32 bits per heavy atom. The summed E-state index contributed by atoms with van der Waals surface area (Å²) < 4.78 is 1.87. The Kier molecular flexibility index (Phi) is 3.79. The maximum Gasteiger partial charge on any atom is 0.165 e. The van der Waals surface area contributed by atoms with Gasteiger partial charge < -0.3 is 0 Å². The molecule has 0 saturated heterocycles. The molecule has 2 aromatic heterocycles. The van der Waals surface area contributed by atoms with Gasteiger partial charge in [0.1, 0.15) is 0 Å². The van der Waals surface area contributed by atoms with Gasteiger partial charge in [0.2, 0.25) is 0 Å². The summed E-state index contributed by atoms with van der Waals surface area (Å²) in [5, 5.41) is 4.37. The number of aromatic nitrogens is 3. The molecular formula is C15H19N3O. The van der Waals surface area contributed by atoms with E-state index in [9.17, 15) is 4.79 Å². The van der Waals surface area contributed by atoms with Crippen LogP contribution < -0.4 is 0 Å². The summed E-state index contributed by atoms with van der Waals surface area (Å²) in [6, 6.07) is 1.87. The van der Waals surface area contributed by atoms with Crippen LogP contribution in [0.4, 0.5) is 0 Å². The summed E-state index contributed by atoms with van der Waals surface area (Å²) in [5.74, 6) is 0.147. The first-order chi connectivity index (χ1) is 9.00. The van der Waals surface area contributed by atoms with Crippen LogP contribution in [0.5, 0.6) is 0 Å². The van der Waals surface area contributed by atoms with E-state index in [1.54, 1.807) is 12.4 Å². The highest BCUT2D eigenvalue weighted by atomic mass is 16.1. The number of nitrogens with zero attached hydrogens (tertiary/aromatic N) is 3. The summed E-state index contributed by atoms with van der Waals surface area (Å²) in [5.41, 5.74) is 5.03. The molecule has 0 atom stereocenters. The molecule has 0 bridgehead atoms. The van der Waals surface area contributed by atoms with Gasteiger partial charge in [0.05, 0.1) is 5.69 Å². The molecular weight excluding hydrogens is 238 g/mol. The summed E-state index contributed by atoms with van der Waals surface area (Å²) >= 11 is 0. The first-order valence-corrected chi connectivity index (χ1v) is 6.43. The SMILES string of the molecule is Cc1ccncc1C(=O)CCc1c(C)nn(C)c1C. The average Bonchev–Trinajstić information content (AvgIpc) is 2.61. The van der Waals surface area contributed by atoms with Crippen LogP contribution in [-0.2, 0) is 13.5 Å². The van der Waals surface area contributed by atoms with Gasteiger partial charge in [0.25, 0.3) is 0 Å². The van der Waals surface area contributed by atoms with Crippen LogP contribution in [0, 0.1) is 20.8 Å². The summed E-state index contributed by atoms with van der Waals surface area (Å²) in [6.07, 6.45) is 4.60. The molecule has 0 aromatic carbocycles. The molecule has 2 heterocycles. The zero-order chi connectivity index (χ0) is 14.0. The largest absolute Gasteiger partial charge is 0.294 e. The van der Waals surface area contributed by atoms with Gasteiger partial charge in [-0.05, 0) is 44.4 Å². The average molecular weight is 257 g/mol. The van der Waals surface area contributed by atoms with Gasteiger partial charge in [-0.3, -0.25) is 14.5 Å². The fraction of sp³-hybridized carbons (Fsp3) is 0.400. The van der Waals surface area contributed by atoms with E-state index in [4.69, 9.17) is 0 Å². The Balaban J connectivity index is 2.11. The van der Waals surface area contributed by atoms with Crippen molar-refractivity contribution in [3.8, 4) is 0 Å². The minimum atomic E-state index is 0.147. The van der Waals surface area contributed by atoms with E-state index < -0.39 is 0 Å². The zero-order valence-electron chi connectivity index (χ0n) is 11.9. The van der Waals surface area contributed by atoms with Gasteiger partial charge in [-0.2, -0.15) is 5.10 Å². The van der Waals surface area contributed by atoms with Crippen LogP contribution in [0.25, 0.3) is 0 Å². The Morgan fingerprint density at radius 3 is 2.63 bits per heavy atom. The fourth-order valence-corrected chi connectivity index (χ4v) is 2.31. The van der Waals surface area contributed by atoms with Gasteiger partial charge in [0.15, 0.2) is 5.78 Å². The molecule has 2 aromatic rings. The Bertz CT molecular complexity index is 614. The third kappa shape index (κ3) is 2.72. The second-order valence-corrected chi connectivity index (χ2v) is 4.89. The molecule has 2 rings (SSSR count). The van der Waals surface area contributed by atoms with E-state index in [-0.39, 0.29) is 5.78 Å². The molecule has 0 unspecified atom stereocenters. The number of carbonyl (C=O) groups excluding carboxylic acids is 1. The molecule has 0 amide bonds. The van der Waals surface area contributed by atoms with E-state index in [1.807, 2.05) is 38.6 Å². The predicted molar refractivity (Wildman–Crippen MR) is 74.3 cm³/mol. The maximum atomic E-state index is 12.2. The lowest BCUT2D eigenvalue weighted by molar-refractivity contribution is 0.0982. The molecule has 100 valence electrons. The summed E-state index contributed by atoms with van der Waals surface area (Å²) in [6.45, 7) is 5.97. The van der Waals surface area contributed by atoms with Crippen LogP contribution in [0.1, 0.15) is 39.3 Å². The topological polar surface area (TPSA) is 47.8 Å². The lowest BCUT2D eigenvalue weighted by Gasteiger charge is -2.04. The molecule has 0 aliphatic rings. The summed E-state index contributed by atoms with van der Waals surface area (Å²) in [7, 11) is 1.93. The number of rotatable bonds is 4. The quantitative estimate of drug-likeness (QED) is 0.791. The first kappa shape index (κ1) is 13.5. The van der Waals surface area contributed by atoms with Crippen LogP contribution in [0.2, 0.25) is 0 Å². The highest BCUT2D eigenvalue weighted by Crippen LogP contribution is 2.16. The van der Waals surface area contributed by atoms with E-state index >= 15 is 0 Å². The number of pyridine rings is 1. The van der Waals surface area contributed by atoms with Gasteiger partial charge in [0, 0.05) is 37.1 Å². The molecule has 0 fully saturated rings. The maximum absolute atomic E-state index is 12.2.